The molecule has 6 nitrogen and oxygen atoms in total. The van der Waals surface area contributed by atoms with Crippen molar-refractivity contribution in [3.8, 4) is 23.0 Å². The van der Waals surface area contributed by atoms with E-state index in [4.69, 9.17) is 24.7 Å². The van der Waals surface area contributed by atoms with Crippen LogP contribution < -0.4 is 30.0 Å². The zero-order valence-electron chi connectivity index (χ0n) is 22.8. The van der Waals surface area contributed by atoms with Crippen molar-refractivity contribution < 1.29 is 18.9 Å². The number of aryl methyl sites for hydroxylation is 1. The van der Waals surface area contributed by atoms with Crippen molar-refractivity contribution >= 4 is 24.8 Å². The van der Waals surface area contributed by atoms with E-state index in [9.17, 15) is 0 Å². The highest BCUT2D eigenvalue weighted by atomic mass is 35.5. The maximum atomic E-state index is 6.54. The number of unbranched alkanes of at least 4 members (excludes halogenated alkanes) is 3. The minimum atomic E-state index is 0. The van der Waals surface area contributed by atoms with Gasteiger partial charge in [-0.15, -0.1) is 24.8 Å². The molecule has 2 unspecified atom stereocenters. The van der Waals surface area contributed by atoms with Gasteiger partial charge in [0.25, 0.3) is 0 Å². The molecule has 2 aromatic rings. The average molecular weight is 558 g/mol. The van der Waals surface area contributed by atoms with E-state index in [1.807, 2.05) is 12.1 Å². The van der Waals surface area contributed by atoms with Gasteiger partial charge in [-0.05, 0) is 86.9 Å². The lowest BCUT2D eigenvalue weighted by atomic mass is 9.76. The Balaban J connectivity index is 0.00000342. The molecule has 0 radical (unpaired) electrons. The van der Waals surface area contributed by atoms with Crippen LogP contribution in [-0.2, 0) is 12.8 Å². The number of halogens is 2. The van der Waals surface area contributed by atoms with Crippen LogP contribution in [0, 0.1) is 0 Å². The SMILES string of the molecule is COc1ccc(CCCNCCCCCCC2c3ccc(OC)c(OC)c3CCC2N)cc1OC.Cl.Cl. The molecule has 0 bridgehead atoms. The lowest BCUT2D eigenvalue weighted by molar-refractivity contribution is 0.343. The van der Waals surface area contributed by atoms with Crippen LogP contribution in [0.15, 0.2) is 30.3 Å². The van der Waals surface area contributed by atoms with Crippen LogP contribution in [0.3, 0.4) is 0 Å². The van der Waals surface area contributed by atoms with Crippen LogP contribution in [0.25, 0.3) is 0 Å². The van der Waals surface area contributed by atoms with E-state index in [2.05, 4.69) is 23.5 Å². The summed E-state index contributed by atoms with van der Waals surface area (Å²) in [5.41, 5.74) is 10.5. The van der Waals surface area contributed by atoms with E-state index in [0.29, 0.717) is 5.92 Å². The molecule has 0 heterocycles. The molecular weight excluding hydrogens is 511 g/mol. The Bertz CT molecular complexity index is 929. The number of rotatable bonds is 15. The highest BCUT2D eigenvalue weighted by Crippen LogP contribution is 2.43. The molecule has 0 aliphatic heterocycles. The smallest absolute Gasteiger partial charge is 0.164 e. The van der Waals surface area contributed by atoms with Crippen molar-refractivity contribution in [1.82, 2.24) is 5.32 Å². The Morgan fingerprint density at radius 3 is 2.16 bits per heavy atom. The van der Waals surface area contributed by atoms with E-state index >= 15 is 0 Å². The van der Waals surface area contributed by atoms with E-state index in [1.54, 1.807) is 28.4 Å². The van der Waals surface area contributed by atoms with E-state index < -0.39 is 0 Å². The Morgan fingerprint density at radius 2 is 1.46 bits per heavy atom. The molecule has 2 atom stereocenters. The summed E-state index contributed by atoms with van der Waals surface area (Å²) in [7, 11) is 6.77. The monoisotopic (exact) mass is 556 g/mol. The Kier molecular flexibility index (Phi) is 15.8. The summed E-state index contributed by atoms with van der Waals surface area (Å²) in [6, 6.07) is 10.6. The fraction of sp³-hybridized carbons (Fsp3) is 0.586. The van der Waals surface area contributed by atoms with Crippen molar-refractivity contribution in [2.24, 2.45) is 5.73 Å². The number of hydrogen-bond donors (Lipinski definition) is 2. The molecule has 8 heteroatoms. The number of methoxy groups -OCH3 is 4. The quantitative estimate of drug-likeness (QED) is 0.258. The minimum absolute atomic E-state index is 0. The summed E-state index contributed by atoms with van der Waals surface area (Å²) in [6.45, 7) is 2.11. The van der Waals surface area contributed by atoms with Gasteiger partial charge >= 0.3 is 0 Å². The number of nitrogens with one attached hydrogen (secondary N) is 1. The van der Waals surface area contributed by atoms with Gasteiger partial charge in [-0.3, -0.25) is 0 Å². The number of hydrogen-bond acceptors (Lipinski definition) is 6. The second-order valence-corrected chi connectivity index (χ2v) is 9.42. The predicted molar refractivity (Wildman–Crippen MR) is 157 cm³/mol. The Hall–Kier alpha value is -1.86. The molecule has 3 N–H and O–H groups in total. The van der Waals surface area contributed by atoms with Crippen molar-refractivity contribution in [3.63, 3.8) is 0 Å². The standard InChI is InChI=1S/C29H44N2O4.2ClH/c1-32-26-16-12-21(20-28(26)34-3)10-9-19-31-18-8-6-5-7-11-23-22-14-17-27(33-2)29(35-4)24(22)13-15-25(23)30;;/h12,14,16-17,20,23,25,31H,5-11,13,15,18-19,30H2,1-4H3;2*1H. The molecule has 1 aliphatic carbocycles. The molecule has 0 saturated heterocycles. The zero-order chi connectivity index (χ0) is 25.0. The molecule has 0 amide bonds. The first-order chi connectivity index (χ1) is 17.1. The molecule has 1 aliphatic rings. The summed E-state index contributed by atoms with van der Waals surface area (Å²) < 4.78 is 21.9. The second kappa shape index (κ2) is 17.6. The van der Waals surface area contributed by atoms with Gasteiger partial charge in [-0.2, -0.15) is 0 Å². The lowest BCUT2D eigenvalue weighted by Gasteiger charge is -2.32. The summed E-state index contributed by atoms with van der Waals surface area (Å²) in [6.07, 6.45) is 10.2. The summed E-state index contributed by atoms with van der Waals surface area (Å²) in [4.78, 5) is 0. The maximum absolute atomic E-state index is 6.54. The van der Waals surface area contributed by atoms with Crippen molar-refractivity contribution in [2.45, 2.75) is 69.7 Å². The highest BCUT2D eigenvalue weighted by molar-refractivity contribution is 5.85. The topological polar surface area (TPSA) is 75.0 Å². The highest BCUT2D eigenvalue weighted by Gasteiger charge is 2.29. The van der Waals surface area contributed by atoms with Crippen LogP contribution in [0.5, 0.6) is 23.0 Å². The van der Waals surface area contributed by atoms with Crippen LogP contribution in [-0.4, -0.2) is 47.6 Å². The molecule has 0 saturated carbocycles. The Morgan fingerprint density at radius 1 is 0.784 bits per heavy atom. The first kappa shape index (κ1) is 33.2. The van der Waals surface area contributed by atoms with Gasteiger partial charge in [0.1, 0.15) is 0 Å². The summed E-state index contributed by atoms with van der Waals surface area (Å²) >= 11 is 0. The van der Waals surface area contributed by atoms with Gasteiger partial charge in [-0.1, -0.05) is 31.4 Å². The van der Waals surface area contributed by atoms with Gasteiger partial charge in [0, 0.05) is 11.6 Å². The van der Waals surface area contributed by atoms with Crippen molar-refractivity contribution in [3.05, 3.63) is 47.0 Å². The fourth-order valence-electron chi connectivity index (χ4n) is 5.27. The molecule has 37 heavy (non-hydrogen) atoms. The van der Waals surface area contributed by atoms with Crippen molar-refractivity contribution in [2.75, 3.05) is 41.5 Å². The third kappa shape index (κ3) is 9.13. The van der Waals surface area contributed by atoms with E-state index in [-0.39, 0.29) is 30.9 Å². The minimum Gasteiger partial charge on any atom is -0.493 e. The van der Waals surface area contributed by atoms with Gasteiger partial charge in [-0.25, -0.2) is 0 Å². The number of benzene rings is 2. The van der Waals surface area contributed by atoms with Crippen LogP contribution in [0.1, 0.15) is 67.6 Å². The molecular formula is C29H46Cl2N2O4. The van der Waals surface area contributed by atoms with E-state index in [0.717, 1.165) is 68.2 Å². The second-order valence-electron chi connectivity index (χ2n) is 9.42. The molecule has 0 fully saturated rings. The average Bonchev–Trinajstić information content (AvgIpc) is 2.89. The van der Waals surface area contributed by atoms with Gasteiger partial charge in [0.2, 0.25) is 0 Å². The van der Waals surface area contributed by atoms with E-state index in [1.165, 1.54) is 42.4 Å². The molecule has 210 valence electrons. The van der Waals surface area contributed by atoms with Crippen LogP contribution in [0.4, 0.5) is 0 Å². The maximum Gasteiger partial charge on any atom is 0.164 e. The van der Waals surface area contributed by atoms with Crippen LogP contribution >= 0.6 is 24.8 Å². The van der Waals surface area contributed by atoms with Crippen molar-refractivity contribution in [1.29, 1.82) is 0 Å². The van der Waals surface area contributed by atoms with Crippen LogP contribution in [0.2, 0.25) is 0 Å². The summed E-state index contributed by atoms with van der Waals surface area (Å²) in [5.74, 6) is 3.70. The molecule has 2 aromatic carbocycles. The largest absolute Gasteiger partial charge is 0.493 e. The number of ether oxygens (including phenoxy) is 4. The first-order valence-electron chi connectivity index (χ1n) is 13.0. The van der Waals surface area contributed by atoms with Gasteiger partial charge in [0.15, 0.2) is 23.0 Å². The number of nitrogens with two attached hydrogens (primary N) is 1. The third-order valence-corrected chi connectivity index (χ3v) is 7.21. The van der Waals surface area contributed by atoms with Gasteiger partial charge in [0.05, 0.1) is 28.4 Å². The summed E-state index contributed by atoms with van der Waals surface area (Å²) in [5, 5.41) is 3.59. The first-order valence-corrected chi connectivity index (χ1v) is 13.0. The van der Waals surface area contributed by atoms with Gasteiger partial charge < -0.3 is 30.0 Å². The predicted octanol–water partition coefficient (Wildman–Crippen LogP) is 6.09. The third-order valence-electron chi connectivity index (χ3n) is 7.21. The molecule has 0 spiro atoms. The molecule has 0 aromatic heterocycles. The lowest BCUT2D eigenvalue weighted by Crippen LogP contribution is -2.33. The fourth-order valence-corrected chi connectivity index (χ4v) is 5.27. The normalized spacial score (nSPS) is 16.1. The number of fused-ring (bicyclic) bond motifs is 1. The Labute approximate surface area is 235 Å². The zero-order valence-corrected chi connectivity index (χ0v) is 24.5. The molecule has 3 rings (SSSR count).